The van der Waals surface area contributed by atoms with Crippen molar-refractivity contribution in [3.63, 3.8) is 0 Å². The summed E-state index contributed by atoms with van der Waals surface area (Å²) in [4.78, 5) is 11.2. The van der Waals surface area contributed by atoms with Crippen LogP contribution in [-0.2, 0) is 4.79 Å². The van der Waals surface area contributed by atoms with E-state index in [4.69, 9.17) is 5.73 Å². The molecule has 0 saturated heterocycles. The van der Waals surface area contributed by atoms with Crippen LogP contribution in [0.15, 0.2) is 0 Å². The van der Waals surface area contributed by atoms with Gasteiger partial charge in [0.25, 0.3) is 0 Å². The number of hydrogen-bond donors (Lipinski definition) is 1. The third kappa shape index (κ3) is 4.43. The summed E-state index contributed by atoms with van der Waals surface area (Å²) in [7, 11) is 0. The molecule has 0 amide bonds. The number of rotatable bonds is 5. The van der Waals surface area contributed by atoms with Gasteiger partial charge in [-0.1, -0.05) is 13.8 Å². The lowest BCUT2D eigenvalue weighted by molar-refractivity contribution is -0.123. The van der Waals surface area contributed by atoms with Gasteiger partial charge in [0, 0.05) is 5.92 Å². The largest absolute Gasteiger partial charge is 0.321 e. The lowest BCUT2D eigenvalue weighted by Gasteiger charge is -2.11. The molecule has 0 aromatic carbocycles. The molecule has 0 aromatic rings. The molecule has 0 aliphatic carbocycles. The van der Waals surface area contributed by atoms with Crippen LogP contribution in [0.1, 0.15) is 20.3 Å². The molecule has 0 saturated carbocycles. The Morgan fingerprint density at radius 3 is 2.45 bits per heavy atom. The maximum absolute atomic E-state index is 11.2. The number of nitrogens with two attached hydrogens (primary N) is 1. The molecule has 2 nitrogen and oxygen atoms in total. The zero-order chi connectivity index (χ0) is 8.85. The van der Waals surface area contributed by atoms with Gasteiger partial charge in [-0.3, -0.25) is 4.79 Å². The minimum absolute atomic E-state index is 0.0758. The number of carbonyl (C=O) groups excluding carboxylic acids is 1. The van der Waals surface area contributed by atoms with Crippen LogP contribution in [0.3, 0.4) is 0 Å². The quantitative estimate of drug-likeness (QED) is 0.684. The molecule has 2 N–H and O–H groups in total. The first-order valence-corrected chi connectivity index (χ1v) is 5.27. The monoisotopic (exact) mass is 175 g/mol. The van der Waals surface area contributed by atoms with E-state index in [-0.39, 0.29) is 17.7 Å². The molecule has 0 rings (SSSR count). The van der Waals surface area contributed by atoms with E-state index < -0.39 is 0 Å². The molecule has 0 spiro atoms. The van der Waals surface area contributed by atoms with Gasteiger partial charge >= 0.3 is 0 Å². The van der Waals surface area contributed by atoms with Gasteiger partial charge in [0.05, 0.1) is 6.04 Å². The molecule has 0 unspecified atom stereocenters. The number of thioether (sulfide) groups is 1. The van der Waals surface area contributed by atoms with Crippen LogP contribution in [0.4, 0.5) is 0 Å². The van der Waals surface area contributed by atoms with Gasteiger partial charge in [-0.2, -0.15) is 11.8 Å². The third-order valence-corrected chi connectivity index (χ3v) is 2.21. The van der Waals surface area contributed by atoms with E-state index in [9.17, 15) is 4.79 Å². The van der Waals surface area contributed by atoms with Crippen molar-refractivity contribution in [1.82, 2.24) is 0 Å². The third-order valence-electron chi connectivity index (χ3n) is 1.57. The van der Waals surface area contributed by atoms with Crippen LogP contribution in [0.2, 0.25) is 0 Å². The van der Waals surface area contributed by atoms with Crippen molar-refractivity contribution < 1.29 is 4.79 Å². The van der Waals surface area contributed by atoms with Crippen molar-refractivity contribution in [3.05, 3.63) is 0 Å². The fourth-order valence-corrected chi connectivity index (χ4v) is 1.30. The Bertz CT molecular complexity index is 125. The summed E-state index contributed by atoms with van der Waals surface area (Å²) < 4.78 is 0. The highest BCUT2D eigenvalue weighted by Crippen LogP contribution is 2.04. The normalized spacial score (nSPS) is 13.5. The highest BCUT2D eigenvalue weighted by molar-refractivity contribution is 7.98. The Morgan fingerprint density at radius 1 is 1.55 bits per heavy atom. The van der Waals surface area contributed by atoms with E-state index in [1.165, 1.54) is 0 Å². The lowest BCUT2D eigenvalue weighted by atomic mass is 10.0. The maximum atomic E-state index is 11.2. The molecule has 11 heavy (non-hydrogen) atoms. The topological polar surface area (TPSA) is 43.1 Å². The Hall–Kier alpha value is -0.0200. The summed E-state index contributed by atoms with van der Waals surface area (Å²) >= 11 is 1.73. The van der Waals surface area contributed by atoms with Gasteiger partial charge in [0.15, 0.2) is 5.78 Å². The second-order valence-corrected chi connectivity index (χ2v) is 3.93. The predicted molar refractivity (Wildman–Crippen MR) is 50.8 cm³/mol. The summed E-state index contributed by atoms with van der Waals surface area (Å²) in [5, 5.41) is 0. The second-order valence-electron chi connectivity index (χ2n) is 2.95. The molecule has 66 valence electrons. The molecule has 0 aliphatic heterocycles. The lowest BCUT2D eigenvalue weighted by Crippen LogP contribution is -2.34. The van der Waals surface area contributed by atoms with Crippen LogP contribution in [0.25, 0.3) is 0 Å². The Kier molecular flexibility index (Phi) is 5.60. The van der Waals surface area contributed by atoms with E-state index in [1.54, 1.807) is 11.8 Å². The molecule has 3 heteroatoms. The van der Waals surface area contributed by atoms with E-state index in [0.717, 1.165) is 12.2 Å². The minimum atomic E-state index is -0.248. The van der Waals surface area contributed by atoms with Gasteiger partial charge in [-0.25, -0.2) is 0 Å². The molecule has 0 aliphatic rings. The standard InChI is InChI=1S/C8H17NOS/c1-6(2)8(10)7(9)4-5-11-3/h6-7H,4-5,9H2,1-3H3/t7-/m0/s1. The van der Waals surface area contributed by atoms with Gasteiger partial charge in [-0.05, 0) is 18.4 Å². The average molecular weight is 175 g/mol. The van der Waals surface area contributed by atoms with Crippen molar-refractivity contribution in [2.75, 3.05) is 12.0 Å². The van der Waals surface area contributed by atoms with Gasteiger partial charge in [0.2, 0.25) is 0 Å². The van der Waals surface area contributed by atoms with Gasteiger partial charge in [-0.15, -0.1) is 0 Å². The molecule has 0 fully saturated rings. The SMILES string of the molecule is CSCC[C@H](N)C(=O)C(C)C. The average Bonchev–Trinajstić information content (AvgIpc) is 1.98. The Morgan fingerprint density at radius 2 is 2.09 bits per heavy atom. The molecular formula is C8H17NOS. The van der Waals surface area contributed by atoms with Crippen LogP contribution in [0.5, 0.6) is 0 Å². The van der Waals surface area contributed by atoms with Crippen LogP contribution in [-0.4, -0.2) is 23.8 Å². The first-order chi connectivity index (χ1) is 5.09. The van der Waals surface area contributed by atoms with E-state index in [2.05, 4.69) is 0 Å². The van der Waals surface area contributed by atoms with Crippen LogP contribution < -0.4 is 5.73 Å². The summed E-state index contributed by atoms with van der Waals surface area (Å²) in [5.41, 5.74) is 5.64. The zero-order valence-electron chi connectivity index (χ0n) is 7.46. The summed E-state index contributed by atoms with van der Waals surface area (Å²) in [6.07, 6.45) is 2.82. The van der Waals surface area contributed by atoms with Crippen molar-refractivity contribution in [1.29, 1.82) is 0 Å². The van der Waals surface area contributed by atoms with Crippen LogP contribution in [0, 0.1) is 5.92 Å². The highest BCUT2D eigenvalue weighted by atomic mass is 32.2. The molecule has 0 radical (unpaired) electrons. The fourth-order valence-electron chi connectivity index (χ4n) is 0.815. The van der Waals surface area contributed by atoms with Crippen molar-refractivity contribution in [2.45, 2.75) is 26.3 Å². The van der Waals surface area contributed by atoms with E-state index in [0.29, 0.717) is 0 Å². The molecule has 0 bridgehead atoms. The fraction of sp³-hybridized carbons (Fsp3) is 0.875. The summed E-state index contributed by atoms with van der Waals surface area (Å²) in [5.74, 6) is 1.23. The molecule has 1 atom stereocenters. The first-order valence-electron chi connectivity index (χ1n) is 3.87. The van der Waals surface area contributed by atoms with Gasteiger partial charge in [0.1, 0.15) is 0 Å². The molecule has 0 heterocycles. The molecule has 0 aromatic heterocycles. The van der Waals surface area contributed by atoms with E-state index >= 15 is 0 Å². The summed E-state index contributed by atoms with van der Waals surface area (Å²) in [6.45, 7) is 3.78. The predicted octanol–water partition coefficient (Wildman–Crippen LogP) is 1.29. The smallest absolute Gasteiger partial charge is 0.152 e. The Labute approximate surface area is 72.9 Å². The number of Topliss-reactive ketones (excluding diaryl/α,β-unsaturated/α-hetero) is 1. The number of hydrogen-bond acceptors (Lipinski definition) is 3. The summed E-state index contributed by atoms with van der Waals surface area (Å²) in [6, 6.07) is -0.248. The Balaban J connectivity index is 3.64. The zero-order valence-corrected chi connectivity index (χ0v) is 8.28. The second kappa shape index (κ2) is 5.61. The maximum Gasteiger partial charge on any atom is 0.152 e. The number of ketones is 1. The van der Waals surface area contributed by atoms with Gasteiger partial charge < -0.3 is 5.73 Å². The van der Waals surface area contributed by atoms with Crippen molar-refractivity contribution >= 4 is 17.5 Å². The highest BCUT2D eigenvalue weighted by Gasteiger charge is 2.15. The molecular weight excluding hydrogens is 158 g/mol. The van der Waals surface area contributed by atoms with Crippen molar-refractivity contribution in [3.8, 4) is 0 Å². The minimum Gasteiger partial charge on any atom is -0.321 e. The van der Waals surface area contributed by atoms with Crippen molar-refractivity contribution in [2.24, 2.45) is 11.7 Å². The van der Waals surface area contributed by atoms with Crippen LogP contribution >= 0.6 is 11.8 Å². The van der Waals surface area contributed by atoms with E-state index in [1.807, 2.05) is 20.1 Å². The first kappa shape index (κ1) is 11.0. The number of carbonyl (C=O) groups is 1.